The summed E-state index contributed by atoms with van der Waals surface area (Å²) in [7, 11) is 0. The van der Waals surface area contributed by atoms with Crippen molar-refractivity contribution in [2.24, 2.45) is 0 Å². The van der Waals surface area contributed by atoms with Crippen molar-refractivity contribution in [3.8, 4) is 0 Å². The molecule has 1 saturated carbocycles. The van der Waals surface area contributed by atoms with E-state index in [9.17, 15) is 13.2 Å². The Kier molecular flexibility index (Phi) is 2.22. The van der Waals surface area contributed by atoms with Gasteiger partial charge in [-0.05, 0) is 24.5 Å². The average Bonchev–Trinajstić information content (AvgIpc) is 2.97. The van der Waals surface area contributed by atoms with Crippen LogP contribution in [0.4, 0.5) is 13.2 Å². The van der Waals surface area contributed by atoms with Crippen LogP contribution in [-0.4, -0.2) is 16.7 Å². The van der Waals surface area contributed by atoms with Gasteiger partial charge < -0.3 is 5.11 Å². The van der Waals surface area contributed by atoms with E-state index in [0.717, 1.165) is 6.20 Å². The first-order chi connectivity index (χ1) is 6.99. The maximum atomic E-state index is 12.6. The van der Waals surface area contributed by atoms with Crippen molar-refractivity contribution in [2.75, 3.05) is 6.61 Å². The molecule has 1 N–H and O–H groups in total. The van der Waals surface area contributed by atoms with Crippen LogP contribution in [0.5, 0.6) is 0 Å². The number of alkyl halides is 3. The molecule has 0 spiro atoms. The lowest BCUT2D eigenvalue weighted by Crippen LogP contribution is -2.19. The number of nitrogens with zero attached hydrogens (tertiary/aromatic N) is 1. The Labute approximate surface area is 84.8 Å². The fourth-order valence-electron chi connectivity index (χ4n) is 1.75. The highest BCUT2D eigenvalue weighted by Gasteiger charge is 2.48. The second-order valence-corrected chi connectivity index (χ2v) is 3.86. The Hall–Kier alpha value is -1.10. The number of pyridine rings is 1. The van der Waals surface area contributed by atoms with E-state index < -0.39 is 17.2 Å². The monoisotopic (exact) mass is 217 g/mol. The van der Waals surface area contributed by atoms with Gasteiger partial charge in [0.1, 0.15) is 0 Å². The average molecular weight is 217 g/mol. The van der Waals surface area contributed by atoms with E-state index in [4.69, 9.17) is 5.11 Å². The summed E-state index contributed by atoms with van der Waals surface area (Å²) in [6, 6.07) is 1.35. The number of halogens is 3. The third kappa shape index (κ3) is 1.71. The van der Waals surface area contributed by atoms with Crippen LogP contribution in [0.25, 0.3) is 0 Å². The predicted octanol–water partition coefficient (Wildman–Crippen LogP) is 2.12. The number of aliphatic hydroxyl groups is 1. The highest BCUT2D eigenvalue weighted by atomic mass is 19.4. The smallest absolute Gasteiger partial charge is 0.395 e. The summed E-state index contributed by atoms with van der Waals surface area (Å²) in [5, 5.41) is 9.11. The van der Waals surface area contributed by atoms with Gasteiger partial charge in [-0.2, -0.15) is 13.2 Å². The Morgan fingerprint density at radius 1 is 1.40 bits per heavy atom. The normalized spacial score (nSPS) is 18.9. The summed E-state index contributed by atoms with van der Waals surface area (Å²) >= 11 is 0. The zero-order valence-corrected chi connectivity index (χ0v) is 7.88. The minimum absolute atomic E-state index is 0.174. The molecule has 1 aliphatic carbocycles. The summed E-state index contributed by atoms with van der Waals surface area (Å²) in [5.74, 6) is 0. The molecule has 1 aromatic heterocycles. The van der Waals surface area contributed by atoms with Gasteiger partial charge in [0, 0.05) is 17.8 Å². The molecule has 0 atom stereocenters. The molecular weight excluding hydrogens is 207 g/mol. The van der Waals surface area contributed by atoms with Crippen LogP contribution < -0.4 is 0 Å². The molecule has 82 valence electrons. The van der Waals surface area contributed by atoms with E-state index in [1.807, 2.05) is 0 Å². The van der Waals surface area contributed by atoms with Crippen LogP contribution in [0, 0.1) is 0 Å². The van der Waals surface area contributed by atoms with Crippen LogP contribution >= 0.6 is 0 Å². The first-order valence-corrected chi connectivity index (χ1v) is 4.62. The Morgan fingerprint density at radius 2 is 2.07 bits per heavy atom. The summed E-state index contributed by atoms with van der Waals surface area (Å²) < 4.78 is 37.9. The molecule has 5 heteroatoms. The fourth-order valence-corrected chi connectivity index (χ4v) is 1.75. The summed E-state index contributed by atoms with van der Waals surface area (Å²) in [6.07, 6.45) is -1.02. The summed E-state index contributed by atoms with van der Waals surface area (Å²) in [6.45, 7) is -0.236. The van der Waals surface area contributed by atoms with E-state index >= 15 is 0 Å². The number of rotatable bonds is 2. The zero-order chi connectivity index (χ0) is 11.1. The Balaban J connectivity index is 2.48. The first kappa shape index (κ1) is 10.4. The lowest BCUT2D eigenvalue weighted by atomic mass is 9.93. The molecule has 2 nitrogen and oxygen atoms in total. The molecule has 0 bridgehead atoms. The number of hydrogen-bond acceptors (Lipinski definition) is 2. The van der Waals surface area contributed by atoms with Crippen LogP contribution in [0.2, 0.25) is 0 Å². The van der Waals surface area contributed by atoms with Gasteiger partial charge in [-0.15, -0.1) is 0 Å². The standard InChI is InChI=1S/C10H10F3NO/c11-10(12,13)8-5-14-4-1-7(8)9(6-15)2-3-9/h1,4-5,15H,2-3,6H2. The van der Waals surface area contributed by atoms with Gasteiger partial charge in [-0.3, -0.25) is 4.98 Å². The van der Waals surface area contributed by atoms with Crippen molar-refractivity contribution in [2.45, 2.75) is 24.4 Å². The highest BCUT2D eigenvalue weighted by molar-refractivity contribution is 5.38. The molecule has 1 heterocycles. The maximum absolute atomic E-state index is 12.6. The molecule has 1 fully saturated rings. The van der Waals surface area contributed by atoms with Crippen molar-refractivity contribution >= 4 is 0 Å². The van der Waals surface area contributed by atoms with Gasteiger partial charge in [-0.1, -0.05) is 0 Å². The third-order valence-corrected chi connectivity index (χ3v) is 2.85. The first-order valence-electron chi connectivity index (χ1n) is 4.62. The number of aromatic nitrogens is 1. The molecule has 15 heavy (non-hydrogen) atoms. The molecule has 1 aromatic rings. The van der Waals surface area contributed by atoms with Gasteiger partial charge >= 0.3 is 6.18 Å². The van der Waals surface area contributed by atoms with Gasteiger partial charge in [0.2, 0.25) is 0 Å². The van der Waals surface area contributed by atoms with E-state index in [1.165, 1.54) is 12.3 Å². The minimum Gasteiger partial charge on any atom is -0.395 e. The van der Waals surface area contributed by atoms with Crippen LogP contribution in [0.15, 0.2) is 18.5 Å². The van der Waals surface area contributed by atoms with Crippen molar-refractivity contribution < 1.29 is 18.3 Å². The van der Waals surface area contributed by atoms with E-state index in [2.05, 4.69) is 4.98 Å². The predicted molar refractivity (Wildman–Crippen MR) is 47.2 cm³/mol. The lowest BCUT2D eigenvalue weighted by Gasteiger charge is -2.18. The Morgan fingerprint density at radius 3 is 2.53 bits per heavy atom. The molecule has 1 aliphatic rings. The van der Waals surface area contributed by atoms with E-state index in [0.29, 0.717) is 12.8 Å². The van der Waals surface area contributed by atoms with Crippen molar-refractivity contribution in [1.82, 2.24) is 4.98 Å². The molecule has 0 radical (unpaired) electrons. The van der Waals surface area contributed by atoms with Gasteiger partial charge in [0.15, 0.2) is 0 Å². The second-order valence-electron chi connectivity index (χ2n) is 3.86. The largest absolute Gasteiger partial charge is 0.418 e. The van der Waals surface area contributed by atoms with Gasteiger partial charge in [0.25, 0.3) is 0 Å². The maximum Gasteiger partial charge on any atom is 0.418 e. The molecule has 0 amide bonds. The molecular formula is C10H10F3NO. The molecule has 0 aliphatic heterocycles. The van der Waals surface area contributed by atoms with Crippen molar-refractivity contribution in [3.05, 3.63) is 29.6 Å². The van der Waals surface area contributed by atoms with E-state index in [-0.39, 0.29) is 12.2 Å². The number of hydrogen-bond donors (Lipinski definition) is 1. The van der Waals surface area contributed by atoms with Gasteiger partial charge in [-0.25, -0.2) is 0 Å². The van der Waals surface area contributed by atoms with Crippen LogP contribution in [0.1, 0.15) is 24.0 Å². The molecule has 0 saturated heterocycles. The van der Waals surface area contributed by atoms with Crippen LogP contribution in [-0.2, 0) is 11.6 Å². The van der Waals surface area contributed by atoms with Gasteiger partial charge in [0.05, 0.1) is 12.2 Å². The number of aliphatic hydroxyl groups excluding tert-OH is 1. The topological polar surface area (TPSA) is 33.1 Å². The lowest BCUT2D eigenvalue weighted by molar-refractivity contribution is -0.138. The summed E-state index contributed by atoms with van der Waals surface area (Å²) in [4.78, 5) is 3.49. The van der Waals surface area contributed by atoms with Crippen LogP contribution in [0.3, 0.4) is 0 Å². The third-order valence-electron chi connectivity index (χ3n) is 2.85. The quantitative estimate of drug-likeness (QED) is 0.823. The Bertz CT molecular complexity index is 371. The zero-order valence-electron chi connectivity index (χ0n) is 7.88. The van der Waals surface area contributed by atoms with Crippen molar-refractivity contribution in [3.63, 3.8) is 0 Å². The summed E-state index contributed by atoms with van der Waals surface area (Å²) in [5.41, 5.74) is -1.22. The fraction of sp³-hybridized carbons (Fsp3) is 0.500. The van der Waals surface area contributed by atoms with E-state index in [1.54, 1.807) is 0 Å². The molecule has 0 aromatic carbocycles. The highest BCUT2D eigenvalue weighted by Crippen LogP contribution is 2.51. The SMILES string of the molecule is OCC1(c2ccncc2C(F)(F)F)CC1. The molecule has 0 unspecified atom stereocenters. The molecule has 2 rings (SSSR count). The van der Waals surface area contributed by atoms with Crippen molar-refractivity contribution in [1.29, 1.82) is 0 Å². The second kappa shape index (κ2) is 3.20. The minimum atomic E-state index is -4.39.